The standard InChI is InChI=1S/C16H18N2O2S/c1-12(19)13-5-3-6-14(9-13)17-16(20)11-18(2)10-15-7-4-8-21-15/h3-9H,10-11H2,1-2H3,(H,17,20). The van der Waals surface area contributed by atoms with Gasteiger partial charge in [0, 0.05) is 22.7 Å². The van der Waals surface area contributed by atoms with Gasteiger partial charge in [-0.05, 0) is 37.6 Å². The van der Waals surface area contributed by atoms with E-state index < -0.39 is 0 Å². The smallest absolute Gasteiger partial charge is 0.238 e. The lowest BCUT2D eigenvalue weighted by atomic mass is 10.1. The summed E-state index contributed by atoms with van der Waals surface area (Å²) in [6.45, 7) is 2.57. The van der Waals surface area contributed by atoms with Crippen LogP contribution in [0.1, 0.15) is 22.2 Å². The lowest BCUT2D eigenvalue weighted by Crippen LogP contribution is -2.29. The number of benzene rings is 1. The summed E-state index contributed by atoms with van der Waals surface area (Å²) < 4.78 is 0. The van der Waals surface area contributed by atoms with Crippen LogP contribution >= 0.6 is 11.3 Å². The van der Waals surface area contributed by atoms with Crippen LogP contribution in [0.15, 0.2) is 41.8 Å². The second-order valence-electron chi connectivity index (χ2n) is 4.94. The Bertz CT molecular complexity index is 623. The number of nitrogens with one attached hydrogen (secondary N) is 1. The molecule has 1 amide bonds. The summed E-state index contributed by atoms with van der Waals surface area (Å²) in [6, 6.07) is 11.0. The summed E-state index contributed by atoms with van der Waals surface area (Å²) in [6.07, 6.45) is 0. The second-order valence-corrected chi connectivity index (χ2v) is 5.97. The number of Topliss-reactive ketones (excluding diaryl/α,β-unsaturated/α-hetero) is 1. The fourth-order valence-electron chi connectivity index (χ4n) is 1.99. The molecule has 1 N–H and O–H groups in total. The highest BCUT2D eigenvalue weighted by Crippen LogP contribution is 2.12. The van der Waals surface area contributed by atoms with Gasteiger partial charge in [0.15, 0.2) is 5.78 Å². The Balaban J connectivity index is 1.89. The van der Waals surface area contributed by atoms with Gasteiger partial charge in [0.2, 0.25) is 5.91 Å². The summed E-state index contributed by atoms with van der Waals surface area (Å²) in [4.78, 5) is 26.5. The molecule has 0 aliphatic carbocycles. The van der Waals surface area contributed by atoms with Crippen molar-refractivity contribution in [3.05, 3.63) is 52.2 Å². The maximum Gasteiger partial charge on any atom is 0.238 e. The van der Waals surface area contributed by atoms with E-state index in [4.69, 9.17) is 0 Å². The molecule has 0 fully saturated rings. The normalized spacial score (nSPS) is 10.6. The fourth-order valence-corrected chi connectivity index (χ4v) is 2.77. The molecule has 0 atom stereocenters. The highest BCUT2D eigenvalue weighted by molar-refractivity contribution is 7.09. The fraction of sp³-hybridized carbons (Fsp3) is 0.250. The molecule has 110 valence electrons. The van der Waals surface area contributed by atoms with Crippen molar-refractivity contribution in [3.63, 3.8) is 0 Å². The number of hydrogen-bond acceptors (Lipinski definition) is 4. The third-order valence-corrected chi connectivity index (χ3v) is 3.83. The average Bonchev–Trinajstić information content (AvgIpc) is 2.91. The predicted molar refractivity (Wildman–Crippen MR) is 85.7 cm³/mol. The van der Waals surface area contributed by atoms with Gasteiger partial charge in [-0.1, -0.05) is 18.2 Å². The maximum absolute atomic E-state index is 12.0. The number of likely N-dealkylation sites (N-methyl/N-ethyl adjacent to an activating group) is 1. The zero-order chi connectivity index (χ0) is 15.2. The van der Waals surface area contributed by atoms with Gasteiger partial charge in [-0.3, -0.25) is 14.5 Å². The maximum atomic E-state index is 12.0. The Kier molecular flexibility index (Phi) is 5.25. The zero-order valence-electron chi connectivity index (χ0n) is 12.1. The average molecular weight is 302 g/mol. The number of carbonyl (C=O) groups excluding carboxylic acids is 2. The van der Waals surface area contributed by atoms with E-state index in [0.29, 0.717) is 17.8 Å². The summed E-state index contributed by atoms with van der Waals surface area (Å²) in [5.74, 6) is -0.101. The van der Waals surface area contributed by atoms with Gasteiger partial charge in [0.05, 0.1) is 6.54 Å². The van der Waals surface area contributed by atoms with Crippen LogP contribution in [0.5, 0.6) is 0 Å². The molecule has 0 aliphatic rings. The second kappa shape index (κ2) is 7.15. The Morgan fingerprint density at radius 1 is 1.24 bits per heavy atom. The molecule has 2 aromatic rings. The summed E-state index contributed by atoms with van der Waals surface area (Å²) in [7, 11) is 1.91. The van der Waals surface area contributed by atoms with Gasteiger partial charge in [-0.25, -0.2) is 0 Å². The summed E-state index contributed by atoms with van der Waals surface area (Å²) >= 11 is 1.68. The van der Waals surface area contributed by atoms with Crippen molar-refractivity contribution in [1.82, 2.24) is 4.90 Å². The van der Waals surface area contributed by atoms with Crippen LogP contribution < -0.4 is 5.32 Å². The van der Waals surface area contributed by atoms with Crippen LogP contribution in [0.4, 0.5) is 5.69 Å². The minimum absolute atomic E-state index is 0.0130. The molecule has 4 nitrogen and oxygen atoms in total. The van der Waals surface area contributed by atoms with Crippen molar-refractivity contribution >= 4 is 28.7 Å². The molecule has 1 heterocycles. The molecular weight excluding hydrogens is 284 g/mol. The Labute approximate surface area is 128 Å². The number of anilines is 1. The van der Waals surface area contributed by atoms with Crippen LogP contribution in [0.2, 0.25) is 0 Å². The van der Waals surface area contributed by atoms with Gasteiger partial charge in [-0.2, -0.15) is 0 Å². The minimum atomic E-state index is -0.0882. The minimum Gasteiger partial charge on any atom is -0.325 e. The van der Waals surface area contributed by atoms with Gasteiger partial charge < -0.3 is 5.32 Å². The van der Waals surface area contributed by atoms with E-state index in [-0.39, 0.29) is 11.7 Å². The van der Waals surface area contributed by atoms with E-state index in [1.165, 1.54) is 11.8 Å². The largest absolute Gasteiger partial charge is 0.325 e. The van der Waals surface area contributed by atoms with Crippen LogP contribution in [0.25, 0.3) is 0 Å². The number of hydrogen-bond donors (Lipinski definition) is 1. The molecule has 1 aromatic heterocycles. The van der Waals surface area contributed by atoms with E-state index in [1.54, 1.807) is 35.6 Å². The summed E-state index contributed by atoms with van der Waals surface area (Å²) in [5.41, 5.74) is 1.25. The summed E-state index contributed by atoms with van der Waals surface area (Å²) in [5, 5.41) is 4.84. The van der Waals surface area contributed by atoms with Crippen LogP contribution in [-0.2, 0) is 11.3 Å². The third-order valence-electron chi connectivity index (χ3n) is 2.97. The van der Waals surface area contributed by atoms with E-state index >= 15 is 0 Å². The highest BCUT2D eigenvalue weighted by atomic mass is 32.1. The first-order valence-corrected chi connectivity index (χ1v) is 7.54. The monoisotopic (exact) mass is 302 g/mol. The number of nitrogens with zero attached hydrogens (tertiary/aromatic N) is 1. The number of ketones is 1. The topological polar surface area (TPSA) is 49.4 Å². The molecule has 0 saturated carbocycles. The van der Waals surface area contributed by atoms with Crippen molar-refractivity contribution in [3.8, 4) is 0 Å². The SMILES string of the molecule is CC(=O)c1cccc(NC(=O)CN(C)Cc2cccs2)c1. The van der Waals surface area contributed by atoms with Crippen molar-refractivity contribution < 1.29 is 9.59 Å². The molecule has 0 bridgehead atoms. The van der Waals surface area contributed by atoms with Crippen molar-refractivity contribution in [1.29, 1.82) is 0 Å². The quantitative estimate of drug-likeness (QED) is 0.835. The lowest BCUT2D eigenvalue weighted by molar-refractivity contribution is -0.117. The van der Waals surface area contributed by atoms with Crippen molar-refractivity contribution in [2.24, 2.45) is 0 Å². The van der Waals surface area contributed by atoms with E-state index in [1.807, 2.05) is 23.4 Å². The van der Waals surface area contributed by atoms with E-state index in [2.05, 4.69) is 11.4 Å². The first-order chi connectivity index (χ1) is 10.0. The molecule has 0 saturated heterocycles. The lowest BCUT2D eigenvalue weighted by Gasteiger charge is -2.15. The van der Waals surface area contributed by atoms with Crippen molar-refractivity contribution in [2.75, 3.05) is 18.9 Å². The van der Waals surface area contributed by atoms with Gasteiger partial charge in [0.25, 0.3) is 0 Å². The van der Waals surface area contributed by atoms with Gasteiger partial charge >= 0.3 is 0 Å². The zero-order valence-corrected chi connectivity index (χ0v) is 12.9. The van der Waals surface area contributed by atoms with Crippen molar-refractivity contribution in [2.45, 2.75) is 13.5 Å². The molecule has 5 heteroatoms. The molecule has 0 aliphatic heterocycles. The Morgan fingerprint density at radius 3 is 2.71 bits per heavy atom. The number of thiophene rings is 1. The first kappa shape index (κ1) is 15.4. The molecular formula is C16H18N2O2S. The molecule has 0 radical (unpaired) electrons. The van der Waals surface area contributed by atoms with Crippen LogP contribution in [0, 0.1) is 0 Å². The van der Waals surface area contributed by atoms with Gasteiger partial charge in [-0.15, -0.1) is 11.3 Å². The number of carbonyl (C=O) groups is 2. The van der Waals surface area contributed by atoms with E-state index in [0.717, 1.165) is 6.54 Å². The third kappa shape index (κ3) is 4.81. The van der Waals surface area contributed by atoms with Crippen LogP contribution in [0.3, 0.4) is 0 Å². The molecule has 2 rings (SSSR count). The Morgan fingerprint density at radius 2 is 2.05 bits per heavy atom. The molecule has 0 unspecified atom stereocenters. The molecule has 21 heavy (non-hydrogen) atoms. The first-order valence-electron chi connectivity index (χ1n) is 6.66. The van der Waals surface area contributed by atoms with Crippen LogP contribution in [-0.4, -0.2) is 30.2 Å². The van der Waals surface area contributed by atoms with Gasteiger partial charge in [0.1, 0.15) is 0 Å². The number of rotatable bonds is 6. The molecule has 0 spiro atoms. The Hall–Kier alpha value is -1.98. The number of amides is 1. The highest BCUT2D eigenvalue weighted by Gasteiger charge is 2.09. The molecule has 1 aromatic carbocycles. The predicted octanol–water partition coefficient (Wildman–Crippen LogP) is 3.02. The van der Waals surface area contributed by atoms with E-state index in [9.17, 15) is 9.59 Å².